The van der Waals surface area contributed by atoms with Crippen molar-refractivity contribution in [3.05, 3.63) is 42.1 Å². The summed E-state index contributed by atoms with van der Waals surface area (Å²) in [5, 5.41) is 10.6. The number of hydrogen-bond donors (Lipinski definition) is 2. The van der Waals surface area contributed by atoms with Crippen LogP contribution in [-0.4, -0.2) is 37.1 Å². The zero-order chi connectivity index (χ0) is 17.7. The Morgan fingerprint density at radius 2 is 2.12 bits per heavy atom. The van der Waals surface area contributed by atoms with E-state index in [1.165, 1.54) is 6.26 Å². The van der Waals surface area contributed by atoms with E-state index >= 15 is 0 Å². The van der Waals surface area contributed by atoms with Crippen molar-refractivity contribution >= 4 is 33.2 Å². The van der Waals surface area contributed by atoms with Crippen molar-refractivity contribution in [2.75, 3.05) is 18.6 Å². The van der Waals surface area contributed by atoms with Crippen molar-refractivity contribution in [3.63, 3.8) is 0 Å². The van der Waals surface area contributed by atoms with Crippen molar-refractivity contribution in [3.8, 4) is 11.1 Å². The van der Waals surface area contributed by atoms with Crippen LogP contribution in [0, 0.1) is 12.7 Å². The molecule has 2 N–H and O–H groups in total. The molecule has 1 unspecified atom stereocenters. The van der Waals surface area contributed by atoms with Gasteiger partial charge in [-0.05, 0) is 30.2 Å². The molecule has 0 aliphatic rings. The molecular weight excluding hydrogens is 341 g/mol. The summed E-state index contributed by atoms with van der Waals surface area (Å²) in [6.07, 6.45) is 6.88. The minimum atomic E-state index is -1.46. The predicted octanol–water partition coefficient (Wildman–Crippen LogP) is 3.10. The van der Waals surface area contributed by atoms with Crippen molar-refractivity contribution in [2.45, 2.75) is 11.8 Å². The zero-order valence-electron chi connectivity index (χ0n) is 13.9. The normalized spacial score (nSPS) is 12.8. The van der Waals surface area contributed by atoms with Crippen LogP contribution in [0.5, 0.6) is 0 Å². The third kappa shape index (κ3) is 2.32. The van der Waals surface area contributed by atoms with Gasteiger partial charge in [0.1, 0.15) is 22.2 Å². The molecule has 0 saturated heterocycles. The number of anilines is 1. The first kappa shape index (κ1) is 15.8. The van der Waals surface area contributed by atoms with Gasteiger partial charge in [0.2, 0.25) is 0 Å². The molecular formula is C17H16FN5OS. The molecule has 4 rings (SSSR count). The summed E-state index contributed by atoms with van der Waals surface area (Å²) in [5.74, 6) is 0.291. The monoisotopic (exact) mass is 357 g/mol. The van der Waals surface area contributed by atoms with Crippen LogP contribution >= 0.6 is 0 Å². The number of halogens is 1. The number of aromatic amines is 1. The Balaban J connectivity index is 2.04. The third-order valence-corrected chi connectivity index (χ3v) is 5.28. The molecule has 0 aliphatic carbocycles. The molecule has 128 valence electrons. The lowest BCUT2D eigenvalue weighted by atomic mass is 9.97. The lowest BCUT2D eigenvalue weighted by molar-refractivity contribution is 0.591. The molecule has 6 nitrogen and oxygen atoms in total. The first-order valence-corrected chi connectivity index (χ1v) is 9.22. The Hall–Kier alpha value is -2.74. The molecule has 8 heteroatoms. The van der Waals surface area contributed by atoms with Crippen LogP contribution in [0.15, 0.2) is 35.6 Å². The molecule has 4 aromatic rings. The van der Waals surface area contributed by atoms with Crippen molar-refractivity contribution in [2.24, 2.45) is 0 Å². The van der Waals surface area contributed by atoms with Crippen LogP contribution in [0.4, 0.5) is 10.2 Å². The number of nitrogens with zero attached hydrogens (tertiary/aromatic N) is 3. The Morgan fingerprint density at radius 3 is 2.84 bits per heavy atom. The van der Waals surface area contributed by atoms with Gasteiger partial charge in [-0.1, -0.05) is 0 Å². The second-order valence-corrected chi connectivity index (χ2v) is 7.13. The van der Waals surface area contributed by atoms with E-state index in [-0.39, 0.29) is 4.90 Å². The van der Waals surface area contributed by atoms with Gasteiger partial charge in [-0.25, -0.2) is 9.37 Å². The molecule has 0 bridgehead atoms. The maximum Gasteiger partial charge on any atom is 0.145 e. The highest BCUT2D eigenvalue weighted by molar-refractivity contribution is 7.84. The average Bonchev–Trinajstić information content (AvgIpc) is 3.21. The van der Waals surface area contributed by atoms with Crippen LogP contribution < -0.4 is 5.32 Å². The van der Waals surface area contributed by atoms with Crippen molar-refractivity contribution in [1.29, 1.82) is 0 Å². The van der Waals surface area contributed by atoms with Gasteiger partial charge < -0.3 is 9.72 Å². The van der Waals surface area contributed by atoms with E-state index in [1.807, 2.05) is 28.9 Å². The fourth-order valence-electron chi connectivity index (χ4n) is 3.14. The van der Waals surface area contributed by atoms with Crippen LogP contribution in [0.3, 0.4) is 0 Å². The molecule has 1 atom stereocenters. The summed E-state index contributed by atoms with van der Waals surface area (Å²) in [5.41, 5.74) is 3.29. The summed E-state index contributed by atoms with van der Waals surface area (Å²) in [6, 6.07) is 3.78. The first-order valence-electron chi connectivity index (χ1n) is 7.66. The predicted molar refractivity (Wildman–Crippen MR) is 96.9 cm³/mol. The van der Waals surface area contributed by atoms with Crippen LogP contribution in [0.1, 0.15) is 5.56 Å². The Kier molecular flexibility index (Phi) is 3.57. The minimum absolute atomic E-state index is 0.162. The highest BCUT2D eigenvalue weighted by atomic mass is 32.2. The average molecular weight is 357 g/mol. The van der Waals surface area contributed by atoms with Crippen LogP contribution in [0.25, 0.3) is 27.7 Å². The Morgan fingerprint density at radius 1 is 1.32 bits per heavy atom. The molecule has 0 radical (unpaired) electrons. The highest BCUT2D eigenvalue weighted by Gasteiger charge is 2.22. The van der Waals surface area contributed by atoms with E-state index in [0.717, 1.165) is 28.0 Å². The molecule has 1 aromatic carbocycles. The summed E-state index contributed by atoms with van der Waals surface area (Å²) in [7, 11) is 0.348. The van der Waals surface area contributed by atoms with Crippen molar-refractivity contribution < 1.29 is 8.60 Å². The van der Waals surface area contributed by atoms with Gasteiger partial charge in [0.15, 0.2) is 0 Å². The van der Waals surface area contributed by atoms with E-state index in [4.69, 9.17) is 0 Å². The molecule has 0 amide bonds. The van der Waals surface area contributed by atoms with Crippen LogP contribution in [0.2, 0.25) is 0 Å². The maximum absolute atomic E-state index is 14.9. The number of pyridine rings is 1. The number of aromatic nitrogens is 4. The van der Waals surface area contributed by atoms with E-state index in [2.05, 4.69) is 20.5 Å². The van der Waals surface area contributed by atoms with E-state index < -0.39 is 16.6 Å². The maximum atomic E-state index is 14.9. The molecule has 3 heterocycles. The molecule has 0 aliphatic heterocycles. The summed E-state index contributed by atoms with van der Waals surface area (Å²) >= 11 is 0. The number of H-pyrrole nitrogens is 1. The van der Waals surface area contributed by atoms with Gasteiger partial charge in [0.25, 0.3) is 0 Å². The van der Waals surface area contributed by atoms with E-state index in [0.29, 0.717) is 11.1 Å². The number of rotatable bonds is 3. The number of hydrogen-bond acceptors (Lipinski definition) is 4. The van der Waals surface area contributed by atoms with E-state index in [1.54, 1.807) is 20.2 Å². The quantitative estimate of drug-likeness (QED) is 0.591. The molecule has 25 heavy (non-hydrogen) atoms. The Labute approximate surface area is 145 Å². The highest BCUT2D eigenvalue weighted by Crippen LogP contribution is 2.36. The van der Waals surface area contributed by atoms with Gasteiger partial charge in [-0.3, -0.25) is 9.31 Å². The van der Waals surface area contributed by atoms with Crippen LogP contribution in [-0.2, 0) is 10.8 Å². The summed E-state index contributed by atoms with van der Waals surface area (Å²) in [4.78, 5) is 4.58. The molecule has 0 saturated carbocycles. The van der Waals surface area contributed by atoms with Gasteiger partial charge >= 0.3 is 0 Å². The third-order valence-electron chi connectivity index (χ3n) is 4.32. The first-order chi connectivity index (χ1) is 12.0. The van der Waals surface area contributed by atoms with Crippen molar-refractivity contribution in [1.82, 2.24) is 19.6 Å². The number of nitrogens with one attached hydrogen (secondary N) is 2. The fraction of sp³-hybridized carbons (Fsp3) is 0.176. The number of fused-ring (bicyclic) bond motifs is 2. The minimum Gasteiger partial charge on any atom is -0.372 e. The molecule has 0 spiro atoms. The summed E-state index contributed by atoms with van der Waals surface area (Å²) < 4.78 is 28.8. The van der Waals surface area contributed by atoms with E-state index in [9.17, 15) is 8.60 Å². The largest absolute Gasteiger partial charge is 0.372 e. The smallest absolute Gasteiger partial charge is 0.145 e. The fourth-order valence-corrected chi connectivity index (χ4v) is 3.99. The molecule has 3 aromatic heterocycles. The lowest BCUT2D eigenvalue weighted by Gasteiger charge is -2.12. The van der Waals surface area contributed by atoms with Gasteiger partial charge in [-0.2, -0.15) is 5.10 Å². The van der Waals surface area contributed by atoms with Gasteiger partial charge in [0, 0.05) is 30.4 Å². The molecule has 0 fully saturated rings. The zero-order valence-corrected chi connectivity index (χ0v) is 14.7. The SMILES string of the molecule is CNc1cn2cc(-c3c(C)c(F)c(S(C)=O)c4[nH]ncc34)ccc2n1. The summed E-state index contributed by atoms with van der Waals surface area (Å²) in [6.45, 7) is 1.70. The van der Waals surface area contributed by atoms with Gasteiger partial charge in [0.05, 0.1) is 28.7 Å². The second-order valence-electron chi connectivity index (χ2n) is 5.82. The Bertz CT molecular complexity index is 1150. The lowest BCUT2D eigenvalue weighted by Crippen LogP contribution is -2.00. The van der Waals surface area contributed by atoms with Gasteiger partial charge in [-0.15, -0.1) is 0 Å². The standard InChI is InChI=1S/C17H16FN5OS/c1-9-14(10-4-5-13-21-12(19-2)8-23(13)7-10)11-6-20-22-16(11)17(15(9)18)25(3)24/h4-8,19H,1-3H3,(H,20,22). The number of benzene rings is 1. The number of imidazole rings is 1. The topological polar surface area (TPSA) is 75.1 Å². The second kappa shape index (κ2) is 5.66.